The van der Waals surface area contributed by atoms with E-state index in [1.807, 2.05) is 11.8 Å². The van der Waals surface area contributed by atoms with Gasteiger partial charge in [-0.3, -0.25) is 14.9 Å². The number of carbonyl (C=O) groups excluding carboxylic acids is 1. The molecule has 4 N–H and O–H groups in total. The van der Waals surface area contributed by atoms with Crippen LogP contribution in [0.15, 0.2) is 16.9 Å². The summed E-state index contributed by atoms with van der Waals surface area (Å²) < 4.78 is 5.80. The van der Waals surface area contributed by atoms with E-state index < -0.39 is 0 Å². The second-order valence-electron chi connectivity index (χ2n) is 8.54. The van der Waals surface area contributed by atoms with Gasteiger partial charge in [-0.1, -0.05) is 11.6 Å². The summed E-state index contributed by atoms with van der Waals surface area (Å²) in [6.45, 7) is 3.59. The minimum atomic E-state index is -0.370. The largest absolute Gasteiger partial charge is 0.383 e. The Bertz CT molecular complexity index is 1100. The first-order valence-corrected chi connectivity index (χ1v) is 11.2. The lowest BCUT2D eigenvalue weighted by molar-refractivity contribution is -0.137. The Balaban J connectivity index is 1.43. The van der Waals surface area contributed by atoms with Crippen molar-refractivity contribution >= 4 is 23.3 Å². The molecule has 31 heavy (non-hydrogen) atoms. The molecule has 1 amide bonds. The number of likely N-dealkylation sites (tertiary alicyclic amines) is 1. The molecule has 0 bridgehead atoms. The number of ether oxygens (including phenoxy) is 1. The number of nitrogen functional groups attached to an aromatic ring is 1. The smallest absolute Gasteiger partial charge is 0.254 e. The van der Waals surface area contributed by atoms with Gasteiger partial charge < -0.3 is 20.4 Å². The molecule has 164 valence electrons. The van der Waals surface area contributed by atoms with Gasteiger partial charge in [0, 0.05) is 24.2 Å². The van der Waals surface area contributed by atoms with Crippen LogP contribution in [-0.4, -0.2) is 33.4 Å². The van der Waals surface area contributed by atoms with Gasteiger partial charge in [0.05, 0.1) is 30.5 Å². The van der Waals surface area contributed by atoms with E-state index in [0.29, 0.717) is 42.7 Å². The number of nitrogens with two attached hydrogens (primary N) is 1. The molecule has 5 rings (SSSR count). The van der Waals surface area contributed by atoms with E-state index in [2.05, 4.69) is 15.3 Å². The molecular weight excluding hydrogens is 418 g/mol. The third-order valence-electron chi connectivity index (χ3n) is 6.72. The van der Waals surface area contributed by atoms with Crippen LogP contribution in [0.25, 0.3) is 0 Å². The van der Waals surface area contributed by atoms with Crippen LogP contribution in [0, 0.1) is 0 Å². The summed E-state index contributed by atoms with van der Waals surface area (Å²) in [5, 5.41) is 3.64. The van der Waals surface area contributed by atoms with Crippen molar-refractivity contribution in [2.75, 3.05) is 12.3 Å². The lowest BCUT2D eigenvalue weighted by Crippen LogP contribution is -2.52. The Morgan fingerprint density at radius 3 is 2.97 bits per heavy atom. The van der Waals surface area contributed by atoms with Crippen molar-refractivity contribution in [1.29, 1.82) is 0 Å². The number of rotatable bonds is 2. The number of hydrogen-bond donors (Lipinski definition) is 3. The van der Waals surface area contributed by atoms with E-state index in [1.165, 1.54) is 0 Å². The Hall–Kier alpha value is -2.42. The van der Waals surface area contributed by atoms with Crippen molar-refractivity contribution in [1.82, 2.24) is 20.2 Å². The van der Waals surface area contributed by atoms with E-state index in [-0.39, 0.29) is 29.7 Å². The average Bonchev–Trinajstić information content (AvgIpc) is 3.16. The lowest BCUT2D eigenvalue weighted by Gasteiger charge is -2.39. The number of fused-ring (bicyclic) bond motifs is 3. The second kappa shape index (κ2) is 7.93. The van der Waals surface area contributed by atoms with Gasteiger partial charge in [0.25, 0.3) is 5.56 Å². The summed E-state index contributed by atoms with van der Waals surface area (Å²) >= 11 is 5.92. The second-order valence-corrected chi connectivity index (χ2v) is 8.95. The number of carbonyl (C=O) groups is 1. The standard InChI is InChI=1S/C22H26ClN5O3/c1-11-19-14(10-31-11)13-8-15(25-9-16(13)26-20(19)24)22(30)28-7-3-2-4-17(28)12-5-6-18(23)27-21(12)29/h5-6,11,15,17,25H,2-4,7-10H2,1H3,(H2,24,26)(H,27,29)/t11-,15-,17-/m1/s1. The Kier molecular flexibility index (Phi) is 5.24. The molecule has 2 aromatic heterocycles. The predicted molar refractivity (Wildman–Crippen MR) is 117 cm³/mol. The van der Waals surface area contributed by atoms with Crippen LogP contribution in [0.2, 0.25) is 5.15 Å². The summed E-state index contributed by atoms with van der Waals surface area (Å²) in [6.07, 6.45) is 3.12. The van der Waals surface area contributed by atoms with Gasteiger partial charge in [0.15, 0.2) is 0 Å². The third-order valence-corrected chi connectivity index (χ3v) is 6.95. The van der Waals surface area contributed by atoms with Gasteiger partial charge in [-0.05, 0) is 55.9 Å². The first-order valence-electron chi connectivity index (χ1n) is 10.8. The quantitative estimate of drug-likeness (QED) is 0.614. The van der Waals surface area contributed by atoms with Crippen LogP contribution in [0.4, 0.5) is 5.82 Å². The van der Waals surface area contributed by atoms with E-state index in [4.69, 9.17) is 22.1 Å². The molecule has 0 unspecified atom stereocenters. The summed E-state index contributed by atoms with van der Waals surface area (Å²) in [4.78, 5) is 35.2. The summed E-state index contributed by atoms with van der Waals surface area (Å²) in [5.41, 5.74) is 10.5. The number of amides is 1. The van der Waals surface area contributed by atoms with Crippen molar-refractivity contribution in [2.45, 2.75) is 63.9 Å². The Morgan fingerprint density at radius 2 is 2.16 bits per heavy atom. The molecule has 8 nitrogen and oxygen atoms in total. The van der Waals surface area contributed by atoms with Crippen LogP contribution in [0.1, 0.15) is 66.3 Å². The van der Waals surface area contributed by atoms with Crippen molar-refractivity contribution in [3.05, 3.63) is 55.6 Å². The molecule has 0 aromatic carbocycles. The predicted octanol–water partition coefficient (Wildman–Crippen LogP) is 2.36. The molecule has 0 saturated carbocycles. The van der Waals surface area contributed by atoms with Crippen LogP contribution in [0.5, 0.6) is 0 Å². The molecule has 2 aromatic rings. The maximum atomic E-state index is 13.6. The first-order chi connectivity index (χ1) is 14.9. The SMILES string of the molecule is C[C@H]1OCc2c3c(nc(N)c21)CN[C@@H](C(=O)N1CCCC[C@@H]1c1ccc(Cl)[nH]c1=O)C3. The average molecular weight is 444 g/mol. The number of aromatic amines is 1. The van der Waals surface area contributed by atoms with Crippen molar-refractivity contribution in [3.8, 4) is 0 Å². The first kappa shape index (κ1) is 20.5. The normalized spacial score (nSPS) is 25.2. The van der Waals surface area contributed by atoms with Crippen molar-refractivity contribution < 1.29 is 9.53 Å². The summed E-state index contributed by atoms with van der Waals surface area (Å²) in [5.74, 6) is 0.533. The fraction of sp³-hybridized carbons (Fsp3) is 0.500. The Labute approximate surface area is 185 Å². The molecule has 0 aliphatic carbocycles. The van der Waals surface area contributed by atoms with Crippen molar-refractivity contribution in [2.24, 2.45) is 0 Å². The highest BCUT2D eigenvalue weighted by molar-refractivity contribution is 6.29. The highest BCUT2D eigenvalue weighted by atomic mass is 35.5. The highest BCUT2D eigenvalue weighted by Gasteiger charge is 2.37. The molecule has 3 aliphatic heterocycles. The lowest BCUT2D eigenvalue weighted by atomic mass is 9.90. The van der Waals surface area contributed by atoms with E-state index in [0.717, 1.165) is 41.6 Å². The number of nitrogens with one attached hydrogen (secondary N) is 2. The molecule has 3 atom stereocenters. The van der Waals surface area contributed by atoms with Crippen LogP contribution >= 0.6 is 11.6 Å². The summed E-state index contributed by atoms with van der Waals surface area (Å²) in [6, 6.07) is 2.79. The van der Waals surface area contributed by atoms with Crippen LogP contribution in [-0.2, 0) is 29.1 Å². The number of anilines is 1. The zero-order chi connectivity index (χ0) is 21.7. The number of H-pyrrole nitrogens is 1. The monoisotopic (exact) mass is 443 g/mol. The van der Waals surface area contributed by atoms with E-state index in [9.17, 15) is 9.59 Å². The number of pyridine rings is 2. The zero-order valence-corrected chi connectivity index (χ0v) is 18.2. The topological polar surface area (TPSA) is 113 Å². The maximum Gasteiger partial charge on any atom is 0.254 e. The summed E-state index contributed by atoms with van der Waals surface area (Å²) in [7, 11) is 0. The minimum absolute atomic E-state index is 0.0160. The third kappa shape index (κ3) is 3.52. The minimum Gasteiger partial charge on any atom is -0.383 e. The number of aromatic nitrogens is 2. The van der Waals surface area contributed by atoms with Gasteiger partial charge in [-0.15, -0.1) is 0 Å². The molecule has 9 heteroatoms. The molecule has 3 aliphatic rings. The molecule has 1 saturated heterocycles. The molecule has 0 spiro atoms. The van der Waals surface area contributed by atoms with E-state index in [1.54, 1.807) is 12.1 Å². The van der Waals surface area contributed by atoms with Crippen molar-refractivity contribution in [3.63, 3.8) is 0 Å². The van der Waals surface area contributed by atoms with Gasteiger partial charge >= 0.3 is 0 Å². The van der Waals surface area contributed by atoms with Gasteiger partial charge in [0.1, 0.15) is 11.0 Å². The van der Waals surface area contributed by atoms with Gasteiger partial charge in [-0.25, -0.2) is 4.98 Å². The molecule has 5 heterocycles. The van der Waals surface area contributed by atoms with Crippen LogP contribution in [0.3, 0.4) is 0 Å². The van der Waals surface area contributed by atoms with E-state index >= 15 is 0 Å². The molecule has 0 radical (unpaired) electrons. The Morgan fingerprint density at radius 1 is 1.32 bits per heavy atom. The fourth-order valence-corrected chi connectivity index (χ4v) is 5.32. The zero-order valence-electron chi connectivity index (χ0n) is 17.4. The molecule has 1 fully saturated rings. The molecular formula is C22H26ClN5O3. The van der Waals surface area contributed by atoms with Gasteiger partial charge in [0.2, 0.25) is 5.91 Å². The highest BCUT2D eigenvalue weighted by Crippen LogP contribution is 2.39. The maximum absolute atomic E-state index is 13.6. The number of piperidine rings is 1. The van der Waals surface area contributed by atoms with Gasteiger partial charge in [-0.2, -0.15) is 0 Å². The number of hydrogen-bond acceptors (Lipinski definition) is 6. The number of halogens is 1. The van der Waals surface area contributed by atoms with Crippen LogP contribution < -0.4 is 16.6 Å². The number of nitrogens with zero attached hydrogens (tertiary/aromatic N) is 2. The fourth-order valence-electron chi connectivity index (χ4n) is 5.17.